The third-order valence-electron chi connectivity index (χ3n) is 9.56. The van der Waals surface area contributed by atoms with Crippen LogP contribution in [0.1, 0.15) is 74.5 Å². The zero-order valence-corrected chi connectivity index (χ0v) is 26.2. The summed E-state index contributed by atoms with van der Waals surface area (Å²) in [5.74, 6) is 1.67. The number of fused-ring (bicyclic) bond motifs is 3. The molecule has 1 aliphatic carbocycles. The number of H-pyrrole nitrogens is 2. The van der Waals surface area contributed by atoms with Gasteiger partial charge in [-0.1, -0.05) is 56.3 Å². The van der Waals surface area contributed by atoms with Crippen LogP contribution >= 0.6 is 0 Å². The molecule has 45 heavy (non-hydrogen) atoms. The van der Waals surface area contributed by atoms with Crippen molar-refractivity contribution in [2.45, 2.75) is 70.5 Å². The lowest BCUT2D eigenvalue weighted by Crippen LogP contribution is -2.51. The van der Waals surface area contributed by atoms with Crippen LogP contribution in [0.5, 0.6) is 0 Å². The zero-order valence-electron chi connectivity index (χ0n) is 26.2. The van der Waals surface area contributed by atoms with E-state index in [4.69, 9.17) is 9.72 Å². The normalized spacial score (nSPS) is 19.8. The fourth-order valence-corrected chi connectivity index (χ4v) is 7.08. The summed E-state index contributed by atoms with van der Waals surface area (Å²) in [6, 6.07) is 14.8. The number of benzene rings is 2. The minimum absolute atomic E-state index is 0.0719. The van der Waals surface area contributed by atoms with Crippen LogP contribution < -0.4 is 10.6 Å². The molecule has 2 aromatic heterocycles. The predicted octanol–water partition coefficient (Wildman–Crippen LogP) is 5.70. The maximum absolute atomic E-state index is 13.6. The van der Waals surface area contributed by atoms with E-state index in [1.54, 1.807) is 0 Å². The minimum Gasteiger partial charge on any atom is -0.453 e. The van der Waals surface area contributed by atoms with Gasteiger partial charge in [0, 0.05) is 17.8 Å². The van der Waals surface area contributed by atoms with Crippen LogP contribution in [-0.2, 0) is 22.4 Å². The summed E-state index contributed by atoms with van der Waals surface area (Å²) in [6.07, 6.45) is 7.17. The second-order valence-electron chi connectivity index (χ2n) is 12.8. The van der Waals surface area contributed by atoms with Crippen molar-refractivity contribution in [2.75, 3.05) is 20.2 Å². The number of carbonyl (C=O) groups is 2. The molecule has 2 aromatic carbocycles. The van der Waals surface area contributed by atoms with E-state index < -0.39 is 12.1 Å². The summed E-state index contributed by atoms with van der Waals surface area (Å²) < 4.78 is 4.78. The van der Waals surface area contributed by atoms with Gasteiger partial charge in [0.05, 0.1) is 36.8 Å². The van der Waals surface area contributed by atoms with Crippen molar-refractivity contribution in [3.63, 3.8) is 0 Å². The second-order valence-corrected chi connectivity index (χ2v) is 12.8. The van der Waals surface area contributed by atoms with E-state index in [2.05, 4.69) is 68.1 Å². The molecule has 4 aromatic rings. The predicted molar refractivity (Wildman–Crippen MR) is 172 cm³/mol. The van der Waals surface area contributed by atoms with Gasteiger partial charge < -0.3 is 30.2 Å². The fourth-order valence-electron chi connectivity index (χ4n) is 7.08. The number of nitrogens with zero attached hydrogens (tertiary/aromatic N) is 3. The van der Waals surface area contributed by atoms with Crippen molar-refractivity contribution in [2.24, 2.45) is 5.92 Å². The molecule has 0 radical (unpaired) electrons. The Morgan fingerprint density at radius 3 is 2.53 bits per heavy atom. The summed E-state index contributed by atoms with van der Waals surface area (Å²) in [7, 11) is 1.31. The standard InChI is InChI=1S/C35H41N7O3/c1-20(2)30(41-35(44)45-3)34(43)42-17-5-7-29(42)33-38-26-15-13-24-18-23(12-14-25(24)31(26)40-33)21-8-10-22(11-9-21)28-19-37-32(39-28)27-6-4-16-36-27/h8-12,14,18-20,27,29-30,36H,4-7,13,15-17H2,1-3H3,(H,37,39)(H,38,40)(H,41,44)/t27?,29-,30-/m0/s1. The lowest BCUT2D eigenvalue weighted by atomic mass is 9.89. The molecule has 10 heteroatoms. The number of rotatable bonds is 7. The van der Waals surface area contributed by atoms with E-state index in [-0.39, 0.29) is 17.9 Å². The van der Waals surface area contributed by atoms with Gasteiger partial charge in [-0.25, -0.2) is 14.8 Å². The van der Waals surface area contributed by atoms with Gasteiger partial charge in [-0.3, -0.25) is 4.79 Å². The van der Waals surface area contributed by atoms with Crippen molar-refractivity contribution in [3.8, 4) is 33.6 Å². The summed E-state index contributed by atoms with van der Waals surface area (Å²) >= 11 is 0. The highest BCUT2D eigenvalue weighted by Crippen LogP contribution is 2.39. The van der Waals surface area contributed by atoms with Crippen LogP contribution in [0, 0.1) is 5.92 Å². The van der Waals surface area contributed by atoms with Crippen LogP contribution in [-0.4, -0.2) is 63.1 Å². The summed E-state index contributed by atoms with van der Waals surface area (Å²) in [6.45, 7) is 5.55. The molecule has 2 fully saturated rings. The van der Waals surface area contributed by atoms with Gasteiger partial charge in [-0.05, 0) is 73.2 Å². The molecule has 0 saturated carbocycles. The summed E-state index contributed by atoms with van der Waals surface area (Å²) in [5, 5.41) is 6.23. The molecule has 10 nitrogen and oxygen atoms in total. The molecular formula is C35H41N7O3. The Balaban J connectivity index is 1.09. The molecular weight excluding hydrogens is 566 g/mol. The number of ether oxygens (including phenoxy) is 1. The lowest BCUT2D eigenvalue weighted by molar-refractivity contribution is -0.135. The zero-order chi connectivity index (χ0) is 31.1. The first-order valence-electron chi connectivity index (χ1n) is 16.2. The largest absolute Gasteiger partial charge is 0.453 e. The van der Waals surface area contributed by atoms with Gasteiger partial charge in [0.15, 0.2) is 0 Å². The molecule has 0 spiro atoms. The molecule has 3 aliphatic rings. The van der Waals surface area contributed by atoms with E-state index in [0.29, 0.717) is 12.6 Å². The first-order valence-corrected chi connectivity index (χ1v) is 16.2. The van der Waals surface area contributed by atoms with Crippen molar-refractivity contribution in [3.05, 3.63) is 71.6 Å². The van der Waals surface area contributed by atoms with Crippen molar-refractivity contribution in [1.82, 2.24) is 35.5 Å². The monoisotopic (exact) mass is 607 g/mol. The Morgan fingerprint density at radius 1 is 0.978 bits per heavy atom. The molecule has 1 unspecified atom stereocenters. The number of amides is 2. The highest BCUT2D eigenvalue weighted by atomic mass is 16.5. The Bertz CT molecular complexity index is 1700. The molecule has 2 saturated heterocycles. The summed E-state index contributed by atoms with van der Waals surface area (Å²) in [5.41, 5.74) is 9.06. The topological polar surface area (TPSA) is 128 Å². The number of alkyl carbamates (subject to hydrolysis) is 1. The van der Waals surface area contributed by atoms with E-state index >= 15 is 0 Å². The number of hydrogen-bond donors (Lipinski definition) is 4. The smallest absolute Gasteiger partial charge is 0.407 e. The fraction of sp³-hybridized carbons (Fsp3) is 0.429. The lowest BCUT2D eigenvalue weighted by Gasteiger charge is -2.30. The van der Waals surface area contributed by atoms with Gasteiger partial charge in [0.1, 0.15) is 17.7 Å². The van der Waals surface area contributed by atoms with Crippen molar-refractivity contribution >= 4 is 12.0 Å². The molecule has 2 amide bonds. The number of imidazole rings is 2. The number of aromatic nitrogens is 4. The number of nitrogens with one attached hydrogen (secondary N) is 4. The molecule has 7 rings (SSSR count). The highest BCUT2D eigenvalue weighted by molar-refractivity contribution is 5.86. The van der Waals surface area contributed by atoms with Gasteiger partial charge in [-0.15, -0.1) is 0 Å². The van der Waals surface area contributed by atoms with Crippen LogP contribution in [0.3, 0.4) is 0 Å². The minimum atomic E-state index is -0.651. The number of carbonyl (C=O) groups excluding carboxylic acids is 2. The van der Waals surface area contributed by atoms with Gasteiger partial charge >= 0.3 is 6.09 Å². The third kappa shape index (κ3) is 5.63. The number of likely N-dealkylation sites (tertiary alicyclic amines) is 1. The second kappa shape index (κ2) is 12.2. The number of methoxy groups -OCH3 is 1. The maximum atomic E-state index is 13.6. The van der Waals surface area contributed by atoms with Crippen molar-refractivity contribution < 1.29 is 14.3 Å². The Hall–Kier alpha value is -4.44. The van der Waals surface area contributed by atoms with Crippen LogP contribution in [0.4, 0.5) is 4.79 Å². The number of aryl methyl sites for hydroxylation is 2. The first-order chi connectivity index (χ1) is 21.9. The number of hydrogen-bond acceptors (Lipinski definition) is 6. The average Bonchev–Trinajstić information content (AvgIpc) is 3.89. The van der Waals surface area contributed by atoms with Crippen molar-refractivity contribution in [1.29, 1.82) is 0 Å². The average molecular weight is 608 g/mol. The van der Waals surface area contributed by atoms with E-state index in [9.17, 15) is 9.59 Å². The summed E-state index contributed by atoms with van der Waals surface area (Å²) in [4.78, 5) is 44.2. The van der Waals surface area contributed by atoms with Crippen LogP contribution in [0.2, 0.25) is 0 Å². The van der Waals surface area contributed by atoms with Crippen LogP contribution in [0.15, 0.2) is 48.7 Å². The highest BCUT2D eigenvalue weighted by Gasteiger charge is 2.38. The Kier molecular flexibility index (Phi) is 7.91. The van der Waals surface area contributed by atoms with E-state index in [1.807, 2.05) is 24.9 Å². The van der Waals surface area contributed by atoms with Gasteiger partial charge in [0.25, 0.3) is 0 Å². The quantitative estimate of drug-likeness (QED) is 0.213. The van der Waals surface area contributed by atoms with E-state index in [1.165, 1.54) is 30.2 Å². The van der Waals surface area contributed by atoms with Gasteiger partial charge in [-0.2, -0.15) is 0 Å². The first kappa shape index (κ1) is 29.3. The maximum Gasteiger partial charge on any atom is 0.407 e. The van der Waals surface area contributed by atoms with E-state index in [0.717, 1.165) is 78.5 Å². The molecule has 4 N–H and O–H groups in total. The van der Waals surface area contributed by atoms with Crippen LogP contribution in [0.25, 0.3) is 33.6 Å². The van der Waals surface area contributed by atoms with Gasteiger partial charge in [0.2, 0.25) is 5.91 Å². The molecule has 234 valence electrons. The molecule has 2 aliphatic heterocycles. The number of aromatic amines is 2. The Morgan fingerprint density at radius 2 is 1.78 bits per heavy atom. The molecule has 4 heterocycles. The Labute approximate surface area is 263 Å². The molecule has 0 bridgehead atoms. The molecule has 3 atom stereocenters. The SMILES string of the molecule is COC(=O)N[C@H](C(=O)N1CCC[C@H]1c1nc2c([nH]1)CCc1cc(-c3ccc(-c4cnc(C5CCCN5)[nH]4)cc3)ccc1-2)C(C)C. The third-order valence-corrected chi connectivity index (χ3v) is 9.56.